The van der Waals surface area contributed by atoms with E-state index in [1.54, 1.807) is 25.3 Å². The Morgan fingerprint density at radius 1 is 1.23 bits per heavy atom. The first-order valence-corrected chi connectivity index (χ1v) is 10.7. The number of hydrogen-bond acceptors (Lipinski definition) is 4. The molecule has 1 fully saturated rings. The van der Waals surface area contributed by atoms with Gasteiger partial charge in [-0.1, -0.05) is 18.2 Å². The average molecular weight is 425 g/mol. The number of aryl methyl sites for hydroxylation is 1. The van der Waals surface area contributed by atoms with Gasteiger partial charge in [0.2, 0.25) is 0 Å². The number of carboxylic acid groups (broad SMARTS) is 1. The lowest BCUT2D eigenvalue weighted by Crippen LogP contribution is -2.55. The Morgan fingerprint density at radius 2 is 2.03 bits per heavy atom. The maximum absolute atomic E-state index is 11.3. The number of anilines is 2. The van der Waals surface area contributed by atoms with E-state index in [2.05, 4.69) is 53.2 Å². The number of carboxylic acids is 1. The molecule has 166 valence electrons. The van der Waals surface area contributed by atoms with Gasteiger partial charge in [0, 0.05) is 57.3 Å². The Labute approximate surface area is 184 Å². The molecule has 0 bridgehead atoms. The molecule has 1 heterocycles. The number of rotatable bonds is 7. The number of piperazine rings is 1. The quantitative estimate of drug-likeness (QED) is 0.401. The van der Waals surface area contributed by atoms with Crippen molar-refractivity contribution in [3.05, 3.63) is 59.7 Å². The van der Waals surface area contributed by atoms with Crippen LogP contribution in [0.3, 0.4) is 0 Å². The largest absolute Gasteiger partial charge is 0.478 e. The number of nitrogens with zero attached hydrogens (tertiary/aromatic N) is 3. The SMILES string of the molecule is COCCCN=C(Nc1cccc(C(=O)O)c1)N1CCN(c2cccc(C)c2)[C@@H](C)C1. The number of guanidine groups is 1. The van der Waals surface area contributed by atoms with Crippen molar-refractivity contribution in [3.8, 4) is 0 Å². The lowest BCUT2D eigenvalue weighted by molar-refractivity contribution is 0.0697. The van der Waals surface area contributed by atoms with Gasteiger partial charge in [0.25, 0.3) is 0 Å². The van der Waals surface area contributed by atoms with Crippen molar-refractivity contribution in [3.63, 3.8) is 0 Å². The normalized spacial score (nSPS) is 17.0. The summed E-state index contributed by atoms with van der Waals surface area (Å²) in [4.78, 5) is 20.8. The molecule has 1 aliphatic rings. The van der Waals surface area contributed by atoms with Gasteiger partial charge in [-0.05, 0) is 56.2 Å². The zero-order valence-corrected chi connectivity index (χ0v) is 18.5. The molecule has 3 rings (SSSR count). The fourth-order valence-electron chi connectivity index (χ4n) is 3.81. The van der Waals surface area contributed by atoms with E-state index in [0.717, 1.165) is 37.7 Å². The first kappa shape index (κ1) is 22.6. The van der Waals surface area contributed by atoms with E-state index in [4.69, 9.17) is 9.73 Å². The van der Waals surface area contributed by atoms with E-state index < -0.39 is 5.97 Å². The predicted molar refractivity (Wildman–Crippen MR) is 125 cm³/mol. The number of benzene rings is 2. The monoisotopic (exact) mass is 424 g/mol. The minimum atomic E-state index is -0.942. The van der Waals surface area contributed by atoms with Crippen molar-refractivity contribution in [2.75, 3.05) is 50.1 Å². The van der Waals surface area contributed by atoms with E-state index in [9.17, 15) is 9.90 Å². The number of hydrogen-bond donors (Lipinski definition) is 2. The lowest BCUT2D eigenvalue weighted by atomic mass is 10.1. The van der Waals surface area contributed by atoms with E-state index in [1.807, 2.05) is 6.07 Å². The summed E-state index contributed by atoms with van der Waals surface area (Å²) in [6.07, 6.45) is 0.829. The molecule has 0 spiro atoms. The maximum Gasteiger partial charge on any atom is 0.335 e. The van der Waals surface area contributed by atoms with Crippen molar-refractivity contribution in [1.82, 2.24) is 4.90 Å². The number of methoxy groups -OCH3 is 1. The zero-order chi connectivity index (χ0) is 22.2. The molecule has 2 aromatic rings. The van der Waals surface area contributed by atoms with Crippen LogP contribution in [-0.4, -0.2) is 67.9 Å². The molecular formula is C24H32N4O3. The van der Waals surface area contributed by atoms with E-state index in [-0.39, 0.29) is 5.56 Å². The zero-order valence-electron chi connectivity index (χ0n) is 18.5. The van der Waals surface area contributed by atoms with Gasteiger partial charge in [0.1, 0.15) is 0 Å². The molecule has 31 heavy (non-hydrogen) atoms. The van der Waals surface area contributed by atoms with Crippen molar-refractivity contribution in [2.24, 2.45) is 4.99 Å². The molecule has 0 amide bonds. The fourth-order valence-corrected chi connectivity index (χ4v) is 3.81. The third-order valence-corrected chi connectivity index (χ3v) is 5.39. The number of aliphatic imine (C=N–C) groups is 1. The summed E-state index contributed by atoms with van der Waals surface area (Å²) in [7, 11) is 1.69. The third kappa shape index (κ3) is 6.21. The van der Waals surface area contributed by atoms with Crippen LogP contribution < -0.4 is 10.2 Å². The van der Waals surface area contributed by atoms with Crippen LogP contribution in [0.2, 0.25) is 0 Å². The Hall–Kier alpha value is -3.06. The average Bonchev–Trinajstić information content (AvgIpc) is 2.76. The van der Waals surface area contributed by atoms with E-state index in [1.165, 1.54) is 11.3 Å². The second-order valence-electron chi connectivity index (χ2n) is 7.89. The predicted octanol–water partition coefficient (Wildman–Crippen LogP) is 3.71. The van der Waals surface area contributed by atoms with Crippen LogP contribution in [0.4, 0.5) is 11.4 Å². The van der Waals surface area contributed by atoms with Crippen LogP contribution in [0.1, 0.15) is 29.3 Å². The van der Waals surface area contributed by atoms with E-state index >= 15 is 0 Å². The van der Waals surface area contributed by atoms with Gasteiger partial charge < -0.3 is 25.0 Å². The Kier molecular flexibility index (Phi) is 7.89. The molecule has 0 radical (unpaired) electrons. The van der Waals surface area contributed by atoms with Gasteiger partial charge in [-0.2, -0.15) is 0 Å². The number of aromatic carboxylic acids is 1. The standard InChI is InChI=1S/C24H32N4O3/c1-18-7-4-10-22(15-18)28-13-12-27(17-19(28)2)24(25-11-6-14-31-3)26-21-9-5-8-20(16-21)23(29)30/h4-5,7-10,15-16,19H,6,11-14,17H2,1-3H3,(H,25,26)(H,29,30)/t19-/m0/s1. The molecule has 7 heteroatoms. The van der Waals surface area contributed by atoms with Gasteiger partial charge in [-0.15, -0.1) is 0 Å². The molecule has 0 unspecified atom stereocenters. The summed E-state index contributed by atoms with van der Waals surface area (Å²) in [5.41, 5.74) is 3.47. The number of ether oxygens (including phenoxy) is 1. The lowest BCUT2D eigenvalue weighted by Gasteiger charge is -2.42. The van der Waals surface area contributed by atoms with Crippen LogP contribution in [-0.2, 0) is 4.74 Å². The molecule has 0 aromatic heterocycles. The number of carbonyl (C=O) groups is 1. The summed E-state index contributed by atoms with van der Waals surface area (Å²) in [6, 6.07) is 15.7. The smallest absolute Gasteiger partial charge is 0.335 e. The highest BCUT2D eigenvalue weighted by molar-refractivity contribution is 5.96. The molecule has 1 aliphatic heterocycles. The third-order valence-electron chi connectivity index (χ3n) is 5.39. The summed E-state index contributed by atoms with van der Waals surface area (Å²) in [6.45, 7) is 8.17. The minimum absolute atomic E-state index is 0.251. The van der Waals surface area contributed by atoms with Crippen LogP contribution in [0, 0.1) is 6.92 Å². The topological polar surface area (TPSA) is 77.4 Å². The highest BCUT2D eigenvalue weighted by Crippen LogP contribution is 2.22. The van der Waals surface area contributed by atoms with Crippen molar-refractivity contribution < 1.29 is 14.6 Å². The highest BCUT2D eigenvalue weighted by Gasteiger charge is 2.26. The summed E-state index contributed by atoms with van der Waals surface area (Å²) in [5, 5.41) is 12.7. The number of nitrogens with one attached hydrogen (secondary N) is 1. The van der Waals surface area contributed by atoms with Gasteiger partial charge in [0.15, 0.2) is 5.96 Å². The van der Waals surface area contributed by atoms with Gasteiger partial charge in [-0.3, -0.25) is 4.99 Å². The summed E-state index contributed by atoms with van der Waals surface area (Å²) >= 11 is 0. The summed E-state index contributed by atoms with van der Waals surface area (Å²) < 4.78 is 5.14. The minimum Gasteiger partial charge on any atom is -0.478 e. The first-order valence-electron chi connectivity index (χ1n) is 10.7. The van der Waals surface area contributed by atoms with Crippen LogP contribution in [0.25, 0.3) is 0 Å². The molecular weight excluding hydrogens is 392 g/mol. The van der Waals surface area contributed by atoms with Gasteiger partial charge >= 0.3 is 5.97 Å². The van der Waals surface area contributed by atoms with Crippen molar-refractivity contribution in [1.29, 1.82) is 0 Å². The first-order chi connectivity index (χ1) is 15.0. The molecule has 1 atom stereocenters. The van der Waals surface area contributed by atoms with Crippen LogP contribution >= 0.6 is 0 Å². The van der Waals surface area contributed by atoms with Crippen molar-refractivity contribution in [2.45, 2.75) is 26.3 Å². The molecule has 1 saturated heterocycles. The second kappa shape index (κ2) is 10.8. The molecule has 2 N–H and O–H groups in total. The molecule has 0 saturated carbocycles. The Balaban J connectivity index is 1.75. The summed E-state index contributed by atoms with van der Waals surface area (Å²) in [5.74, 6) is -0.169. The van der Waals surface area contributed by atoms with Gasteiger partial charge in [0.05, 0.1) is 5.56 Å². The van der Waals surface area contributed by atoms with Crippen LogP contribution in [0.5, 0.6) is 0 Å². The van der Waals surface area contributed by atoms with Crippen molar-refractivity contribution >= 4 is 23.3 Å². The van der Waals surface area contributed by atoms with Crippen LogP contribution in [0.15, 0.2) is 53.5 Å². The maximum atomic E-state index is 11.3. The second-order valence-corrected chi connectivity index (χ2v) is 7.89. The molecule has 0 aliphatic carbocycles. The van der Waals surface area contributed by atoms with Gasteiger partial charge in [-0.25, -0.2) is 4.79 Å². The van der Waals surface area contributed by atoms with E-state index in [0.29, 0.717) is 19.2 Å². The molecule has 2 aromatic carbocycles. The fraction of sp³-hybridized carbons (Fsp3) is 0.417. The Morgan fingerprint density at radius 3 is 2.74 bits per heavy atom. The Bertz CT molecular complexity index is 915. The highest BCUT2D eigenvalue weighted by atomic mass is 16.5. The molecule has 7 nitrogen and oxygen atoms in total.